The zero-order valence-electron chi connectivity index (χ0n) is 16.9. The Kier molecular flexibility index (Phi) is 6.49. The van der Waals surface area contributed by atoms with Crippen molar-refractivity contribution in [2.75, 3.05) is 19.6 Å². The Bertz CT molecular complexity index is 971. The second kappa shape index (κ2) is 9.63. The van der Waals surface area contributed by atoms with Crippen LogP contribution in [0.2, 0.25) is 0 Å². The molecular formula is C23H26FN5O. The van der Waals surface area contributed by atoms with Crippen LogP contribution in [0.1, 0.15) is 22.8 Å². The number of carbonyl (C=O) groups is 1. The Morgan fingerprint density at radius 1 is 0.967 bits per heavy atom. The average Bonchev–Trinajstić information content (AvgIpc) is 3.03. The molecule has 0 radical (unpaired) electrons. The number of halogens is 1. The summed E-state index contributed by atoms with van der Waals surface area (Å²) in [6, 6.07) is 16.5. The van der Waals surface area contributed by atoms with Gasteiger partial charge in [0.05, 0.1) is 6.42 Å². The second-order valence-corrected chi connectivity index (χ2v) is 7.60. The molecule has 0 bridgehead atoms. The standard InChI is InChI=1S/C23H26FN5O/c24-20-8-6-18(7-9-20)16-23(30)25-12-10-21-26-27-22-11-13-28(14-15-29(21)22)17-19-4-2-1-3-5-19/h1-9H,10-17H2,(H,25,30). The lowest BCUT2D eigenvalue weighted by molar-refractivity contribution is -0.120. The highest BCUT2D eigenvalue weighted by atomic mass is 19.1. The maximum atomic E-state index is 13.0. The van der Waals surface area contributed by atoms with Gasteiger partial charge in [-0.05, 0) is 23.3 Å². The first-order chi connectivity index (χ1) is 14.7. The molecule has 1 amide bonds. The molecule has 1 aliphatic heterocycles. The van der Waals surface area contributed by atoms with Crippen molar-refractivity contribution in [2.24, 2.45) is 0 Å². The van der Waals surface area contributed by atoms with Crippen LogP contribution < -0.4 is 5.32 Å². The fourth-order valence-corrected chi connectivity index (χ4v) is 3.78. The molecule has 0 saturated heterocycles. The van der Waals surface area contributed by atoms with Crippen molar-refractivity contribution in [3.63, 3.8) is 0 Å². The molecule has 1 aliphatic rings. The van der Waals surface area contributed by atoms with E-state index in [-0.39, 0.29) is 18.1 Å². The SMILES string of the molecule is O=C(Cc1ccc(F)cc1)NCCc1nnc2n1CCN(Cc1ccccc1)CC2. The maximum absolute atomic E-state index is 13.0. The second-order valence-electron chi connectivity index (χ2n) is 7.60. The minimum atomic E-state index is -0.297. The third kappa shape index (κ3) is 5.30. The van der Waals surface area contributed by atoms with Crippen LogP contribution in [-0.4, -0.2) is 45.2 Å². The summed E-state index contributed by atoms with van der Waals surface area (Å²) in [5, 5.41) is 11.6. The van der Waals surface area contributed by atoms with Gasteiger partial charge in [0.2, 0.25) is 5.91 Å². The van der Waals surface area contributed by atoms with E-state index in [0.717, 1.165) is 49.8 Å². The molecule has 2 aromatic carbocycles. The smallest absolute Gasteiger partial charge is 0.224 e. The van der Waals surface area contributed by atoms with Crippen LogP contribution in [0.3, 0.4) is 0 Å². The van der Waals surface area contributed by atoms with Crippen molar-refractivity contribution in [3.8, 4) is 0 Å². The Hall–Kier alpha value is -3.06. The summed E-state index contributed by atoms with van der Waals surface area (Å²) in [6.07, 6.45) is 1.75. The minimum absolute atomic E-state index is 0.0775. The quantitative estimate of drug-likeness (QED) is 0.653. The van der Waals surface area contributed by atoms with Crippen LogP contribution in [-0.2, 0) is 37.1 Å². The third-order valence-corrected chi connectivity index (χ3v) is 5.39. The Labute approximate surface area is 175 Å². The zero-order chi connectivity index (χ0) is 20.8. The van der Waals surface area contributed by atoms with Crippen molar-refractivity contribution in [2.45, 2.75) is 32.4 Å². The fraction of sp³-hybridized carbons (Fsp3) is 0.348. The van der Waals surface area contributed by atoms with Crippen molar-refractivity contribution in [1.29, 1.82) is 0 Å². The predicted molar refractivity (Wildman–Crippen MR) is 112 cm³/mol. The molecule has 1 aromatic heterocycles. The molecule has 0 saturated carbocycles. The molecule has 0 spiro atoms. The van der Waals surface area contributed by atoms with E-state index < -0.39 is 0 Å². The number of nitrogens with one attached hydrogen (secondary N) is 1. The van der Waals surface area contributed by atoms with Crippen molar-refractivity contribution >= 4 is 5.91 Å². The largest absolute Gasteiger partial charge is 0.355 e. The first kappa shape index (κ1) is 20.2. The summed E-state index contributed by atoms with van der Waals surface area (Å²) >= 11 is 0. The van der Waals surface area contributed by atoms with Gasteiger partial charge in [0.25, 0.3) is 0 Å². The van der Waals surface area contributed by atoms with E-state index in [2.05, 4.69) is 49.2 Å². The van der Waals surface area contributed by atoms with E-state index in [1.54, 1.807) is 12.1 Å². The number of carbonyl (C=O) groups excluding carboxylic acids is 1. The van der Waals surface area contributed by atoms with Gasteiger partial charge in [0.15, 0.2) is 0 Å². The van der Waals surface area contributed by atoms with E-state index in [1.165, 1.54) is 17.7 Å². The summed E-state index contributed by atoms with van der Waals surface area (Å²) < 4.78 is 15.2. The molecule has 6 nitrogen and oxygen atoms in total. The van der Waals surface area contributed by atoms with Crippen LogP contribution in [0, 0.1) is 5.82 Å². The number of aromatic nitrogens is 3. The van der Waals surface area contributed by atoms with Gasteiger partial charge in [-0.15, -0.1) is 10.2 Å². The van der Waals surface area contributed by atoms with Gasteiger partial charge in [-0.1, -0.05) is 42.5 Å². The van der Waals surface area contributed by atoms with Crippen molar-refractivity contribution in [1.82, 2.24) is 25.0 Å². The predicted octanol–water partition coefficient (Wildman–Crippen LogP) is 2.38. The van der Waals surface area contributed by atoms with E-state index in [0.29, 0.717) is 13.0 Å². The molecule has 2 heterocycles. The Balaban J connectivity index is 1.27. The maximum Gasteiger partial charge on any atom is 0.224 e. The normalized spacial score (nSPS) is 14.2. The molecule has 0 aliphatic carbocycles. The lowest BCUT2D eigenvalue weighted by Crippen LogP contribution is -2.28. The third-order valence-electron chi connectivity index (χ3n) is 5.39. The molecule has 0 fully saturated rings. The van der Waals surface area contributed by atoms with Gasteiger partial charge in [-0.2, -0.15) is 0 Å². The minimum Gasteiger partial charge on any atom is -0.355 e. The number of amides is 1. The molecule has 1 N–H and O–H groups in total. The lowest BCUT2D eigenvalue weighted by atomic mass is 10.1. The van der Waals surface area contributed by atoms with Gasteiger partial charge >= 0.3 is 0 Å². The van der Waals surface area contributed by atoms with Crippen LogP contribution in [0.15, 0.2) is 54.6 Å². The molecule has 7 heteroatoms. The molecule has 3 aromatic rings. The van der Waals surface area contributed by atoms with E-state index in [9.17, 15) is 9.18 Å². The lowest BCUT2D eigenvalue weighted by Gasteiger charge is -2.19. The highest BCUT2D eigenvalue weighted by molar-refractivity contribution is 5.78. The summed E-state index contributed by atoms with van der Waals surface area (Å²) in [5.41, 5.74) is 2.11. The van der Waals surface area contributed by atoms with Crippen molar-refractivity contribution < 1.29 is 9.18 Å². The average molecular weight is 407 g/mol. The highest BCUT2D eigenvalue weighted by Crippen LogP contribution is 2.13. The van der Waals surface area contributed by atoms with E-state index in [1.807, 2.05) is 6.07 Å². The summed E-state index contributed by atoms with van der Waals surface area (Å²) in [4.78, 5) is 14.6. The van der Waals surface area contributed by atoms with Crippen LogP contribution in [0.5, 0.6) is 0 Å². The molecule has 4 rings (SSSR count). The molecule has 30 heavy (non-hydrogen) atoms. The summed E-state index contributed by atoms with van der Waals surface area (Å²) in [5.74, 6) is 1.55. The van der Waals surface area contributed by atoms with Gasteiger partial charge < -0.3 is 9.88 Å². The zero-order valence-corrected chi connectivity index (χ0v) is 16.9. The number of nitrogens with zero attached hydrogens (tertiary/aromatic N) is 4. The van der Waals surface area contributed by atoms with E-state index >= 15 is 0 Å². The van der Waals surface area contributed by atoms with Gasteiger partial charge in [-0.25, -0.2) is 4.39 Å². The van der Waals surface area contributed by atoms with Gasteiger partial charge in [0.1, 0.15) is 17.5 Å². The van der Waals surface area contributed by atoms with Crippen LogP contribution in [0.4, 0.5) is 4.39 Å². The molecule has 156 valence electrons. The number of rotatable bonds is 7. The van der Waals surface area contributed by atoms with Crippen molar-refractivity contribution in [3.05, 3.63) is 83.2 Å². The van der Waals surface area contributed by atoms with Gasteiger partial charge in [-0.3, -0.25) is 9.69 Å². The molecule has 0 atom stereocenters. The van der Waals surface area contributed by atoms with E-state index in [4.69, 9.17) is 0 Å². The highest BCUT2D eigenvalue weighted by Gasteiger charge is 2.18. The fourth-order valence-electron chi connectivity index (χ4n) is 3.78. The number of fused-ring (bicyclic) bond motifs is 1. The first-order valence-corrected chi connectivity index (χ1v) is 10.4. The molecule has 0 unspecified atom stereocenters. The number of benzene rings is 2. The number of hydrogen-bond acceptors (Lipinski definition) is 4. The Morgan fingerprint density at radius 2 is 1.77 bits per heavy atom. The summed E-state index contributed by atoms with van der Waals surface area (Å²) in [6.45, 7) is 4.21. The monoisotopic (exact) mass is 407 g/mol. The number of hydrogen-bond donors (Lipinski definition) is 1. The van der Waals surface area contributed by atoms with Crippen LogP contribution >= 0.6 is 0 Å². The topological polar surface area (TPSA) is 63.1 Å². The van der Waals surface area contributed by atoms with Gasteiger partial charge in [0, 0.05) is 45.6 Å². The summed E-state index contributed by atoms with van der Waals surface area (Å²) in [7, 11) is 0. The molecular weight excluding hydrogens is 381 g/mol. The van der Waals surface area contributed by atoms with Crippen LogP contribution in [0.25, 0.3) is 0 Å². The first-order valence-electron chi connectivity index (χ1n) is 10.4. The Morgan fingerprint density at radius 3 is 2.57 bits per heavy atom.